The molecule has 2 aromatic rings. The maximum absolute atomic E-state index is 12.3. The quantitative estimate of drug-likeness (QED) is 0.867. The number of rotatable bonds is 4. The Bertz CT molecular complexity index is 720. The number of nitrogens with one attached hydrogen (secondary N) is 1. The Morgan fingerprint density at radius 1 is 1.08 bits per heavy atom. The van der Waals surface area contributed by atoms with E-state index in [1.54, 1.807) is 29.2 Å². The van der Waals surface area contributed by atoms with Gasteiger partial charge in [-0.15, -0.1) is 0 Å². The summed E-state index contributed by atoms with van der Waals surface area (Å²) in [5.74, 6) is -0.0236. The van der Waals surface area contributed by atoms with Crippen molar-refractivity contribution in [1.82, 2.24) is 10.2 Å². The molecule has 24 heavy (non-hydrogen) atoms. The number of amides is 2. The van der Waals surface area contributed by atoms with Crippen molar-refractivity contribution in [2.75, 3.05) is 26.3 Å². The summed E-state index contributed by atoms with van der Waals surface area (Å²) in [4.78, 5) is 26.0. The lowest BCUT2D eigenvalue weighted by molar-refractivity contribution is 0.0303. The highest BCUT2D eigenvalue weighted by Crippen LogP contribution is 2.14. The minimum absolute atomic E-state index is 0.00863. The van der Waals surface area contributed by atoms with E-state index >= 15 is 0 Å². The van der Waals surface area contributed by atoms with Crippen molar-refractivity contribution in [1.29, 1.82) is 0 Å². The molecule has 1 saturated heterocycles. The number of carbonyl (C=O) groups excluding carboxylic acids is 2. The van der Waals surface area contributed by atoms with Crippen LogP contribution in [0, 0.1) is 0 Å². The molecule has 0 saturated carbocycles. The molecule has 1 aliphatic heterocycles. The van der Waals surface area contributed by atoms with E-state index in [9.17, 15) is 9.59 Å². The van der Waals surface area contributed by atoms with Crippen molar-refractivity contribution in [3.8, 4) is 0 Å². The fourth-order valence-corrected chi connectivity index (χ4v) is 2.73. The summed E-state index contributed by atoms with van der Waals surface area (Å²) in [6, 6.07) is 10.5. The Kier molecular flexibility index (Phi) is 5.32. The highest BCUT2D eigenvalue weighted by Gasteiger charge is 2.18. The molecule has 126 valence electrons. The number of hydrogen-bond donors (Lipinski definition) is 1. The van der Waals surface area contributed by atoms with E-state index in [4.69, 9.17) is 9.15 Å². The van der Waals surface area contributed by atoms with Gasteiger partial charge in [0.05, 0.1) is 13.2 Å². The molecule has 0 aliphatic carbocycles. The highest BCUT2D eigenvalue weighted by atomic mass is 79.9. The predicted molar refractivity (Wildman–Crippen MR) is 90.7 cm³/mol. The van der Waals surface area contributed by atoms with Gasteiger partial charge >= 0.3 is 0 Å². The van der Waals surface area contributed by atoms with Crippen LogP contribution in [0.25, 0.3) is 0 Å². The van der Waals surface area contributed by atoms with E-state index < -0.39 is 0 Å². The fraction of sp³-hybridized carbons (Fsp3) is 0.294. The molecule has 0 spiro atoms. The van der Waals surface area contributed by atoms with Crippen LogP contribution in [0.3, 0.4) is 0 Å². The van der Waals surface area contributed by atoms with Gasteiger partial charge in [-0.3, -0.25) is 9.59 Å². The van der Waals surface area contributed by atoms with Gasteiger partial charge in [0.2, 0.25) is 0 Å². The van der Waals surface area contributed by atoms with Gasteiger partial charge in [-0.1, -0.05) is 12.1 Å². The van der Waals surface area contributed by atoms with Gasteiger partial charge in [0.15, 0.2) is 10.4 Å². The number of furan rings is 1. The lowest BCUT2D eigenvalue weighted by Gasteiger charge is -2.26. The van der Waals surface area contributed by atoms with E-state index in [0.29, 0.717) is 43.1 Å². The lowest BCUT2D eigenvalue weighted by Crippen LogP contribution is -2.40. The predicted octanol–water partition coefficient (Wildman–Crippen LogP) is 2.44. The standard InChI is InChI=1S/C17H17BrN2O4/c18-15-6-5-14(24-15)16(21)19-11-12-1-3-13(4-2-12)17(22)20-7-9-23-10-8-20/h1-6H,7-11H2,(H,19,21). The van der Waals surface area contributed by atoms with Gasteiger partial charge in [-0.25, -0.2) is 0 Å². The summed E-state index contributed by atoms with van der Waals surface area (Å²) in [5.41, 5.74) is 1.55. The first kappa shape index (κ1) is 16.7. The molecule has 1 aromatic heterocycles. The number of nitrogens with zero attached hydrogens (tertiary/aromatic N) is 1. The van der Waals surface area contributed by atoms with Crippen molar-refractivity contribution in [3.05, 3.63) is 58.0 Å². The Hall–Kier alpha value is -2.12. The SMILES string of the molecule is O=C(NCc1ccc(C(=O)N2CCOCC2)cc1)c1ccc(Br)o1. The molecule has 6 nitrogen and oxygen atoms in total. The van der Waals surface area contributed by atoms with E-state index in [1.165, 1.54) is 0 Å². The van der Waals surface area contributed by atoms with Crippen LogP contribution in [0.15, 0.2) is 45.5 Å². The average molecular weight is 393 g/mol. The molecule has 1 aliphatic rings. The third-order valence-corrected chi connectivity index (χ3v) is 4.18. The van der Waals surface area contributed by atoms with Crippen LogP contribution in [0.1, 0.15) is 26.5 Å². The van der Waals surface area contributed by atoms with E-state index in [0.717, 1.165) is 5.56 Å². The second-order valence-corrected chi connectivity index (χ2v) is 6.17. The maximum Gasteiger partial charge on any atom is 0.287 e. The first-order valence-corrected chi connectivity index (χ1v) is 8.42. The van der Waals surface area contributed by atoms with Crippen LogP contribution in [0.2, 0.25) is 0 Å². The van der Waals surface area contributed by atoms with E-state index in [2.05, 4.69) is 21.2 Å². The third-order valence-electron chi connectivity index (χ3n) is 3.75. The Balaban J connectivity index is 1.56. The van der Waals surface area contributed by atoms with E-state index in [1.807, 2.05) is 12.1 Å². The van der Waals surface area contributed by atoms with Gasteiger partial charge in [0.1, 0.15) is 0 Å². The first-order chi connectivity index (χ1) is 11.6. The molecule has 0 radical (unpaired) electrons. The number of benzene rings is 1. The summed E-state index contributed by atoms with van der Waals surface area (Å²) in [6.07, 6.45) is 0. The van der Waals surface area contributed by atoms with Crippen molar-refractivity contribution >= 4 is 27.7 Å². The number of morpholine rings is 1. The van der Waals surface area contributed by atoms with Crippen LogP contribution >= 0.6 is 15.9 Å². The van der Waals surface area contributed by atoms with Gasteiger partial charge < -0.3 is 19.4 Å². The molecule has 0 unspecified atom stereocenters. The molecule has 1 N–H and O–H groups in total. The van der Waals surface area contributed by atoms with Crippen LogP contribution in [0.4, 0.5) is 0 Å². The number of ether oxygens (including phenoxy) is 1. The van der Waals surface area contributed by atoms with Crippen molar-refractivity contribution in [2.45, 2.75) is 6.54 Å². The normalized spacial score (nSPS) is 14.5. The molecule has 1 aromatic carbocycles. The zero-order valence-corrected chi connectivity index (χ0v) is 14.5. The summed E-state index contributed by atoms with van der Waals surface area (Å²) in [7, 11) is 0. The number of halogens is 1. The minimum atomic E-state index is -0.283. The third kappa shape index (κ3) is 4.04. The molecule has 0 atom stereocenters. The topological polar surface area (TPSA) is 71.8 Å². The molecule has 7 heteroatoms. The zero-order valence-electron chi connectivity index (χ0n) is 13.0. The van der Waals surface area contributed by atoms with Gasteiger partial charge in [-0.05, 0) is 45.8 Å². The first-order valence-electron chi connectivity index (χ1n) is 7.63. The summed E-state index contributed by atoms with van der Waals surface area (Å²) >= 11 is 3.16. The second kappa shape index (κ2) is 7.63. The number of hydrogen-bond acceptors (Lipinski definition) is 4. The minimum Gasteiger partial charge on any atom is -0.444 e. The molecule has 3 rings (SSSR count). The average Bonchev–Trinajstić information content (AvgIpc) is 3.07. The van der Waals surface area contributed by atoms with Crippen LogP contribution in [-0.2, 0) is 11.3 Å². The Labute approximate surface area is 147 Å². The molecule has 2 amide bonds. The second-order valence-electron chi connectivity index (χ2n) is 5.39. The zero-order chi connectivity index (χ0) is 16.9. The molecule has 2 heterocycles. The molecule has 0 bridgehead atoms. The highest BCUT2D eigenvalue weighted by molar-refractivity contribution is 9.10. The maximum atomic E-state index is 12.3. The Morgan fingerprint density at radius 2 is 1.79 bits per heavy atom. The summed E-state index contributed by atoms with van der Waals surface area (Å²) < 4.78 is 11.0. The molecular weight excluding hydrogens is 376 g/mol. The van der Waals surface area contributed by atoms with Crippen LogP contribution in [0.5, 0.6) is 0 Å². The van der Waals surface area contributed by atoms with Gasteiger partial charge in [0, 0.05) is 25.2 Å². The number of carbonyl (C=O) groups is 2. The Morgan fingerprint density at radius 3 is 2.42 bits per heavy atom. The van der Waals surface area contributed by atoms with Crippen molar-refractivity contribution in [2.24, 2.45) is 0 Å². The van der Waals surface area contributed by atoms with E-state index in [-0.39, 0.29) is 17.6 Å². The summed E-state index contributed by atoms with van der Waals surface area (Å²) in [5, 5.41) is 2.78. The van der Waals surface area contributed by atoms with Crippen molar-refractivity contribution < 1.29 is 18.7 Å². The largest absolute Gasteiger partial charge is 0.444 e. The van der Waals surface area contributed by atoms with Crippen molar-refractivity contribution in [3.63, 3.8) is 0 Å². The molecule has 1 fully saturated rings. The van der Waals surface area contributed by atoms with Crippen LogP contribution < -0.4 is 5.32 Å². The van der Waals surface area contributed by atoms with Crippen LogP contribution in [-0.4, -0.2) is 43.0 Å². The fourth-order valence-electron chi connectivity index (χ4n) is 2.42. The lowest BCUT2D eigenvalue weighted by atomic mass is 10.1. The van der Waals surface area contributed by atoms with Gasteiger partial charge in [0.25, 0.3) is 11.8 Å². The smallest absolute Gasteiger partial charge is 0.287 e. The molecular formula is C17H17BrN2O4. The monoisotopic (exact) mass is 392 g/mol. The summed E-state index contributed by atoms with van der Waals surface area (Å²) in [6.45, 7) is 2.77. The van der Waals surface area contributed by atoms with Gasteiger partial charge in [-0.2, -0.15) is 0 Å².